The SMILES string of the molecule is CCNC(=NCc1cccc(C)c1)NCc1ccc(N(C)C)cc1.I. The standard InChI is InChI=1S/C20H28N4.HI/c1-5-21-20(23-15-18-8-6-7-16(2)13-18)22-14-17-9-11-19(12-10-17)24(3)4;/h6-13H,5,14-15H2,1-4H3,(H2,21,22,23);1H. The topological polar surface area (TPSA) is 39.7 Å². The molecular weight excluding hydrogens is 423 g/mol. The van der Waals surface area contributed by atoms with E-state index >= 15 is 0 Å². The maximum Gasteiger partial charge on any atom is 0.191 e. The van der Waals surface area contributed by atoms with Crippen molar-refractivity contribution in [2.75, 3.05) is 25.5 Å². The van der Waals surface area contributed by atoms with Gasteiger partial charge < -0.3 is 15.5 Å². The number of hydrogen-bond acceptors (Lipinski definition) is 2. The molecule has 136 valence electrons. The van der Waals surface area contributed by atoms with Crippen LogP contribution in [-0.4, -0.2) is 26.6 Å². The fourth-order valence-electron chi connectivity index (χ4n) is 2.42. The van der Waals surface area contributed by atoms with Gasteiger partial charge in [-0.3, -0.25) is 0 Å². The lowest BCUT2D eigenvalue weighted by atomic mass is 10.1. The number of halogens is 1. The van der Waals surface area contributed by atoms with Gasteiger partial charge in [0.15, 0.2) is 5.96 Å². The lowest BCUT2D eigenvalue weighted by molar-refractivity contribution is 0.816. The summed E-state index contributed by atoms with van der Waals surface area (Å²) in [5, 5.41) is 6.69. The largest absolute Gasteiger partial charge is 0.378 e. The summed E-state index contributed by atoms with van der Waals surface area (Å²) in [5.74, 6) is 0.843. The van der Waals surface area contributed by atoms with E-state index in [1.807, 2.05) is 0 Å². The number of aryl methyl sites for hydroxylation is 1. The van der Waals surface area contributed by atoms with Crippen LogP contribution < -0.4 is 15.5 Å². The van der Waals surface area contributed by atoms with E-state index in [0.717, 1.165) is 19.0 Å². The number of hydrogen-bond donors (Lipinski definition) is 2. The van der Waals surface area contributed by atoms with Gasteiger partial charge in [0, 0.05) is 32.9 Å². The van der Waals surface area contributed by atoms with Gasteiger partial charge in [0.1, 0.15) is 0 Å². The van der Waals surface area contributed by atoms with Crippen molar-refractivity contribution >= 4 is 35.6 Å². The maximum absolute atomic E-state index is 4.67. The summed E-state index contributed by atoms with van der Waals surface area (Å²) in [7, 11) is 4.10. The van der Waals surface area contributed by atoms with Crippen molar-refractivity contribution in [3.05, 3.63) is 65.2 Å². The second-order valence-corrected chi connectivity index (χ2v) is 6.10. The molecule has 0 atom stereocenters. The van der Waals surface area contributed by atoms with Crippen molar-refractivity contribution in [2.45, 2.75) is 26.9 Å². The fourth-order valence-corrected chi connectivity index (χ4v) is 2.42. The first-order valence-corrected chi connectivity index (χ1v) is 8.42. The Hall–Kier alpha value is -1.76. The summed E-state index contributed by atoms with van der Waals surface area (Å²) in [5.41, 5.74) is 4.93. The number of rotatable bonds is 6. The van der Waals surface area contributed by atoms with Crippen LogP contribution in [0, 0.1) is 6.92 Å². The highest BCUT2D eigenvalue weighted by molar-refractivity contribution is 14.0. The van der Waals surface area contributed by atoms with Crippen LogP contribution in [0.2, 0.25) is 0 Å². The van der Waals surface area contributed by atoms with Crippen LogP contribution in [0.3, 0.4) is 0 Å². The first-order chi connectivity index (χ1) is 11.6. The molecule has 2 aromatic carbocycles. The number of nitrogens with zero attached hydrogens (tertiary/aromatic N) is 2. The molecule has 4 nitrogen and oxygen atoms in total. The van der Waals surface area contributed by atoms with E-state index in [4.69, 9.17) is 0 Å². The molecule has 2 rings (SSSR count). The Morgan fingerprint density at radius 1 is 1.00 bits per heavy atom. The van der Waals surface area contributed by atoms with Crippen LogP contribution in [0.1, 0.15) is 23.6 Å². The second kappa shape index (κ2) is 11.0. The molecule has 0 spiro atoms. The smallest absolute Gasteiger partial charge is 0.191 e. The Labute approximate surface area is 168 Å². The van der Waals surface area contributed by atoms with Gasteiger partial charge in [-0.05, 0) is 37.1 Å². The molecule has 0 radical (unpaired) electrons. The van der Waals surface area contributed by atoms with Crippen molar-refractivity contribution in [3.63, 3.8) is 0 Å². The summed E-state index contributed by atoms with van der Waals surface area (Å²) in [4.78, 5) is 6.77. The molecule has 0 saturated heterocycles. The molecule has 0 unspecified atom stereocenters. The average Bonchev–Trinajstić information content (AvgIpc) is 2.58. The third-order valence-electron chi connectivity index (χ3n) is 3.76. The summed E-state index contributed by atoms with van der Waals surface area (Å²) in [6, 6.07) is 17.0. The Kier molecular flexibility index (Phi) is 9.34. The molecule has 5 heteroatoms. The third kappa shape index (κ3) is 7.34. The van der Waals surface area contributed by atoms with Crippen LogP contribution >= 0.6 is 24.0 Å². The van der Waals surface area contributed by atoms with Crippen molar-refractivity contribution in [1.82, 2.24) is 10.6 Å². The quantitative estimate of drug-likeness (QED) is 0.397. The normalized spacial score (nSPS) is 10.8. The molecule has 0 amide bonds. The van der Waals surface area contributed by atoms with Gasteiger partial charge in [-0.1, -0.05) is 42.0 Å². The Bertz CT molecular complexity index is 666. The van der Waals surface area contributed by atoms with Crippen LogP contribution in [-0.2, 0) is 13.1 Å². The molecule has 0 saturated carbocycles. The van der Waals surface area contributed by atoms with Gasteiger partial charge in [-0.2, -0.15) is 0 Å². The zero-order valence-corrected chi connectivity index (χ0v) is 17.9. The molecule has 0 bridgehead atoms. The molecule has 2 N–H and O–H groups in total. The number of nitrogens with one attached hydrogen (secondary N) is 2. The van der Waals surface area contributed by atoms with E-state index in [0.29, 0.717) is 6.54 Å². The summed E-state index contributed by atoms with van der Waals surface area (Å²) >= 11 is 0. The van der Waals surface area contributed by atoms with Gasteiger partial charge in [-0.15, -0.1) is 24.0 Å². The first kappa shape index (κ1) is 21.3. The molecular formula is C20H29IN4. The van der Waals surface area contributed by atoms with Crippen molar-refractivity contribution in [3.8, 4) is 0 Å². The van der Waals surface area contributed by atoms with Crippen molar-refractivity contribution < 1.29 is 0 Å². The average molecular weight is 452 g/mol. The Morgan fingerprint density at radius 3 is 2.32 bits per heavy atom. The number of guanidine groups is 1. The van der Waals surface area contributed by atoms with Gasteiger partial charge in [0.2, 0.25) is 0 Å². The minimum atomic E-state index is 0. The minimum absolute atomic E-state index is 0. The zero-order valence-electron chi connectivity index (χ0n) is 15.5. The fraction of sp³-hybridized carbons (Fsp3) is 0.350. The monoisotopic (exact) mass is 452 g/mol. The van der Waals surface area contributed by atoms with Gasteiger partial charge in [0.05, 0.1) is 6.54 Å². The Balaban J connectivity index is 0.00000312. The molecule has 25 heavy (non-hydrogen) atoms. The van der Waals surface area contributed by atoms with Crippen molar-refractivity contribution in [1.29, 1.82) is 0 Å². The minimum Gasteiger partial charge on any atom is -0.378 e. The molecule has 0 aliphatic heterocycles. The number of aliphatic imine (C=N–C) groups is 1. The highest BCUT2D eigenvalue weighted by atomic mass is 127. The second-order valence-electron chi connectivity index (χ2n) is 6.10. The Morgan fingerprint density at radius 2 is 1.72 bits per heavy atom. The molecule has 0 aliphatic rings. The summed E-state index contributed by atoms with van der Waals surface area (Å²) < 4.78 is 0. The molecule has 0 aromatic heterocycles. The van der Waals surface area contributed by atoms with E-state index in [2.05, 4.69) is 97.0 Å². The molecule has 2 aromatic rings. The molecule has 0 fully saturated rings. The maximum atomic E-state index is 4.67. The lowest BCUT2D eigenvalue weighted by Crippen LogP contribution is -2.36. The number of anilines is 1. The third-order valence-corrected chi connectivity index (χ3v) is 3.76. The predicted octanol–water partition coefficient (Wildman–Crippen LogP) is 3.93. The van der Waals surface area contributed by atoms with Gasteiger partial charge in [0.25, 0.3) is 0 Å². The van der Waals surface area contributed by atoms with E-state index in [9.17, 15) is 0 Å². The van der Waals surface area contributed by atoms with Crippen LogP contribution in [0.4, 0.5) is 5.69 Å². The van der Waals surface area contributed by atoms with E-state index < -0.39 is 0 Å². The molecule has 0 aliphatic carbocycles. The lowest BCUT2D eigenvalue weighted by Gasteiger charge is -2.14. The van der Waals surface area contributed by atoms with Gasteiger partial charge >= 0.3 is 0 Å². The van der Waals surface area contributed by atoms with E-state index in [1.165, 1.54) is 22.4 Å². The van der Waals surface area contributed by atoms with Crippen LogP contribution in [0.5, 0.6) is 0 Å². The van der Waals surface area contributed by atoms with Crippen molar-refractivity contribution in [2.24, 2.45) is 4.99 Å². The summed E-state index contributed by atoms with van der Waals surface area (Å²) in [6.45, 7) is 6.47. The first-order valence-electron chi connectivity index (χ1n) is 8.42. The predicted molar refractivity (Wildman–Crippen MR) is 119 cm³/mol. The highest BCUT2D eigenvalue weighted by Crippen LogP contribution is 2.12. The van der Waals surface area contributed by atoms with Gasteiger partial charge in [-0.25, -0.2) is 4.99 Å². The van der Waals surface area contributed by atoms with Crippen LogP contribution in [0.15, 0.2) is 53.5 Å². The zero-order chi connectivity index (χ0) is 17.4. The number of benzene rings is 2. The molecule has 0 heterocycles. The van der Waals surface area contributed by atoms with E-state index in [1.54, 1.807) is 0 Å². The van der Waals surface area contributed by atoms with E-state index in [-0.39, 0.29) is 24.0 Å². The summed E-state index contributed by atoms with van der Waals surface area (Å²) in [6.07, 6.45) is 0. The van der Waals surface area contributed by atoms with Crippen LogP contribution in [0.25, 0.3) is 0 Å². The highest BCUT2D eigenvalue weighted by Gasteiger charge is 2.00.